The standard InChI is InChI=1S/C7H9F2N.C7H8.2CH2O/c1-10-7-3-2-5(8)4-6(7)9;1-7-5-3-2-4-6-7;2*1-2/h2-3,5,10H,4H2,1H3;2-6H,1H3;2*1H2. The fourth-order valence-electron chi connectivity index (χ4n) is 1.39. The fourth-order valence-corrected chi connectivity index (χ4v) is 1.39. The molecule has 0 saturated carbocycles. The topological polar surface area (TPSA) is 46.2 Å². The zero-order chi connectivity index (χ0) is 16.7. The van der Waals surface area contributed by atoms with E-state index in [1.165, 1.54) is 17.7 Å². The molecule has 116 valence electrons. The van der Waals surface area contributed by atoms with Crippen molar-refractivity contribution >= 4 is 13.6 Å². The Balaban J connectivity index is 0. The number of nitrogens with one attached hydrogen (secondary N) is 1. The number of carbonyl (C=O) groups excluding carboxylic acids is 2. The first-order valence-electron chi connectivity index (χ1n) is 6.11. The van der Waals surface area contributed by atoms with Gasteiger partial charge < -0.3 is 14.9 Å². The molecule has 21 heavy (non-hydrogen) atoms. The zero-order valence-electron chi connectivity index (χ0n) is 12.3. The maximum atomic E-state index is 12.6. The van der Waals surface area contributed by atoms with E-state index >= 15 is 0 Å². The first-order valence-corrected chi connectivity index (χ1v) is 6.11. The summed E-state index contributed by atoms with van der Waals surface area (Å²) in [6.07, 6.45) is 1.47. The van der Waals surface area contributed by atoms with Crippen molar-refractivity contribution in [1.82, 2.24) is 5.32 Å². The van der Waals surface area contributed by atoms with E-state index in [1.807, 2.05) is 31.8 Å². The molecule has 5 heteroatoms. The van der Waals surface area contributed by atoms with Crippen LogP contribution in [0.4, 0.5) is 8.78 Å². The molecule has 0 aliphatic heterocycles. The number of benzene rings is 1. The lowest BCUT2D eigenvalue weighted by molar-refractivity contribution is -0.0987. The van der Waals surface area contributed by atoms with Crippen molar-refractivity contribution in [2.75, 3.05) is 7.05 Å². The highest BCUT2D eigenvalue weighted by molar-refractivity contribution is 5.26. The van der Waals surface area contributed by atoms with Gasteiger partial charge in [-0.1, -0.05) is 35.9 Å². The predicted molar refractivity (Wildman–Crippen MR) is 81.3 cm³/mol. The van der Waals surface area contributed by atoms with Gasteiger partial charge in [0.2, 0.25) is 0 Å². The number of carbonyl (C=O) groups is 2. The Morgan fingerprint density at radius 2 is 1.67 bits per heavy atom. The first-order chi connectivity index (χ1) is 10.1. The third kappa shape index (κ3) is 10.2. The highest BCUT2D eigenvalue weighted by Crippen LogP contribution is 2.19. The molecule has 1 atom stereocenters. The number of alkyl halides is 1. The summed E-state index contributed by atoms with van der Waals surface area (Å²) < 4.78 is 25.0. The summed E-state index contributed by atoms with van der Waals surface area (Å²) in [6.45, 7) is 6.08. The van der Waals surface area contributed by atoms with Crippen molar-refractivity contribution in [2.45, 2.75) is 19.5 Å². The number of likely N-dealkylation sites (N-methyl/N-ethyl adjacent to an activating group) is 1. The Hall–Kier alpha value is -2.30. The van der Waals surface area contributed by atoms with E-state index in [0.717, 1.165) is 0 Å². The fraction of sp³-hybridized carbons (Fsp3) is 0.250. The minimum atomic E-state index is -1.16. The Kier molecular flexibility index (Phi) is 14.1. The SMILES string of the molecule is C=O.C=O.CNC1=C(F)CC(F)C=C1.Cc1ccccc1. The summed E-state index contributed by atoms with van der Waals surface area (Å²) in [5.41, 5.74) is 1.71. The molecule has 1 N–H and O–H groups in total. The second-order valence-corrected chi connectivity index (χ2v) is 3.80. The highest BCUT2D eigenvalue weighted by atomic mass is 19.1. The molecule has 0 amide bonds. The smallest absolute Gasteiger partial charge is 0.126 e. The number of hydrogen-bond acceptors (Lipinski definition) is 3. The van der Waals surface area contributed by atoms with Crippen LogP contribution in [-0.4, -0.2) is 26.8 Å². The Morgan fingerprint density at radius 1 is 1.14 bits per heavy atom. The lowest BCUT2D eigenvalue weighted by Crippen LogP contribution is -2.12. The number of hydrogen-bond donors (Lipinski definition) is 1. The molecule has 0 spiro atoms. The minimum Gasteiger partial charge on any atom is -0.386 e. The summed E-state index contributed by atoms with van der Waals surface area (Å²) in [7, 11) is 1.61. The maximum absolute atomic E-state index is 12.6. The largest absolute Gasteiger partial charge is 0.386 e. The van der Waals surface area contributed by atoms with E-state index in [-0.39, 0.29) is 6.42 Å². The highest BCUT2D eigenvalue weighted by Gasteiger charge is 2.13. The average Bonchev–Trinajstić information content (AvgIpc) is 2.53. The van der Waals surface area contributed by atoms with Gasteiger partial charge in [-0.25, -0.2) is 8.78 Å². The van der Waals surface area contributed by atoms with Gasteiger partial charge in [0.1, 0.15) is 25.6 Å². The summed E-state index contributed by atoms with van der Waals surface area (Å²) in [5, 5.41) is 2.63. The second-order valence-electron chi connectivity index (χ2n) is 3.80. The van der Waals surface area contributed by atoms with Gasteiger partial charge in [-0.2, -0.15) is 0 Å². The molecule has 0 fully saturated rings. The van der Waals surface area contributed by atoms with Gasteiger partial charge in [-0.15, -0.1) is 0 Å². The van der Waals surface area contributed by atoms with E-state index in [4.69, 9.17) is 9.59 Å². The molecule has 0 saturated heterocycles. The van der Waals surface area contributed by atoms with Crippen LogP contribution in [-0.2, 0) is 9.59 Å². The van der Waals surface area contributed by atoms with Crippen LogP contribution in [0.2, 0.25) is 0 Å². The summed E-state index contributed by atoms with van der Waals surface area (Å²) >= 11 is 0. The van der Waals surface area contributed by atoms with Crippen LogP contribution in [0, 0.1) is 6.92 Å². The van der Waals surface area contributed by atoms with Crippen LogP contribution in [0.15, 0.2) is 54.0 Å². The average molecular weight is 297 g/mol. The molecule has 2 rings (SSSR count). The van der Waals surface area contributed by atoms with E-state index in [9.17, 15) is 8.78 Å². The van der Waals surface area contributed by atoms with Crippen LogP contribution in [0.5, 0.6) is 0 Å². The first kappa shape index (κ1) is 21.0. The van der Waals surface area contributed by atoms with Crippen LogP contribution >= 0.6 is 0 Å². The molecule has 1 unspecified atom stereocenters. The second kappa shape index (κ2) is 14.1. The molecule has 0 heterocycles. The third-order valence-electron chi connectivity index (χ3n) is 2.35. The molecule has 3 nitrogen and oxygen atoms in total. The molecule has 0 bridgehead atoms. The molecule has 0 aromatic heterocycles. The quantitative estimate of drug-likeness (QED) is 0.865. The monoisotopic (exact) mass is 297 g/mol. The van der Waals surface area contributed by atoms with Crippen LogP contribution < -0.4 is 5.32 Å². The van der Waals surface area contributed by atoms with Crippen LogP contribution in [0.25, 0.3) is 0 Å². The van der Waals surface area contributed by atoms with Crippen LogP contribution in [0.1, 0.15) is 12.0 Å². The molecule has 0 radical (unpaired) electrons. The van der Waals surface area contributed by atoms with E-state index in [1.54, 1.807) is 7.05 Å². The third-order valence-corrected chi connectivity index (χ3v) is 2.35. The normalized spacial score (nSPS) is 15.3. The predicted octanol–water partition coefficient (Wildman–Crippen LogP) is 3.31. The van der Waals surface area contributed by atoms with Gasteiger partial charge >= 0.3 is 0 Å². The van der Waals surface area contributed by atoms with Crippen LogP contribution in [0.3, 0.4) is 0 Å². The molecular formula is C16H21F2NO2. The van der Waals surface area contributed by atoms with Crippen molar-refractivity contribution in [2.24, 2.45) is 0 Å². The van der Waals surface area contributed by atoms with E-state index in [2.05, 4.69) is 24.4 Å². The lowest BCUT2D eigenvalue weighted by Gasteiger charge is -2.10. The zero-order valence-corrected chi connectivity index (χ0v) is 12.3. The molecule has 1 aromatic rings. The number of halogens is 2. The number of allylic oxidation sites excluding steroid dienone is 3. The minimum absolute atomic E-state index is 0.132. The van der Waals surface area contributed by atoms with Crippen molar-refractivity contribution in [3.05, 3.63) is 59.6 Å². The molecular weight excluding hydrogens is 276 g/mol. The van der Waals surface area contributed by atoms with Crippen molar-refractivity contribution < 1.29 is 18.4 Å². The van der Waals surface area contributed by atoms with E-state index < -0.39 is 12.0 Å². The van der Waals surface area contributed by atoms with Gasteiger partial charge in [-0.05, 0) is 19.1 Å². The van der Waals surface area contributed by atoms with Gasteiger partial charge in [0, 0.05) is 13.5 Å². The van der Waals surface area contributed by atoms with Crippen molar-refractivity contribution in [3.63, 3.8) is 0 Å². The Labute approximate surface area is 124 Å². The molecule has 1 aromatic carbocycles. The van der Waals surface area contributed by atoms with Gasteiger partial charge in [-0.3, -0.25) is 0 Å². The Morgan fingerprint density at radius 3 is 2.00 bits per heavy atom. The van der Waals surface area contributed by atoms with Gasteiger partial charge in [0.15, 0.2) is 0 Å². The van der Waals surface area contributed by atoms with Crippen molar-refractivity contribution in [3.8, 4) is 0 Å². The summed E-state index contributed by atoms with van der Waals surface area (Å²) in [5.74, 6) is -0.405. The summed E-state index contributed by atoms with van der Waals surface area (Å²) in [4.78, 5) is 16.0. The van der Waals surface area contributed by atoms with E-state index in [0.29, 0.717) is 5.70 Å². The van der Waals surface area contributed by atoms with Crippen molar-refractivity contribution in [1.29, 1.82) is 0 Å². The van der Waals surface area contributed by atoms with Gasteiger partial charge in [0.25, 0.3) is 0 Å². The number of aryl methyl sites for hydroxylation is 1. The molecule has 1 aliphatic carbocycles. The number of rotatable bonds is 1. The Bertz CT molecular complexity index is 431. The lowest BCUT2D eigenvalue weighted by atomic mass is 10.1. The summed E-state index contributed by atoms with van der Waals surface area (Å²) in [6, 6.07) is 10.3. The maximum Gasteiger partial charge on any atom is 0.126 e. The van der Waals surface area contributed by atoms with Gasteiger partial charge in [0.05, 0.1) is 5.70 Å². The molecule has 1 aliphatic rings.